The number of hydrogen-bond donors (Lipinski definition) is 1. The van der Waals surface area contributed by atoms with Crippen LogP contribution in [0, 0.1) is 6.92 Å². The van der Waals surface area contributed by atoms with Crippen molar-refractivity contribution >= 4 is 55.1 Å². The van der Waals surface area contributed by atoms with E-state index in [2.05, 4.69) is 21.2 Å². The van der Waals surface area contributed by atoms with Crippen LogP contribution >= 0.6 is 27.5 Å². The van der Waals surface area contributed by atoms with Crippen molar-refractivity contribution in [2.45, 2.75) is 46.3 Å². The van der Waals surface area contributed by atoms with Crippen molar-refractivity contribution in [2.24, 2.45) is 0 Å². The van der Waals surface area contributed by atoms with Crippen LogP contribution < -0.4 is 9.62 Å². The van der Waals surface area contributed by atoms with Crippen LogP contribution in [-0.2, 0) is 26.2 Å². The lowest BCUT2D eigenvalue weighted by molar-refractivity contribution is -0.139. The van der Waals surface area contributed by atoms with Gasteiger partial charge >= 0.3 is 0 Å². The fourth-order valence-corrected chi connectivity index (χ4v) is 4.78. The molecule has 0 fully saturated rings. The van der Waals surface area contributed by atoms with E-state index in [1.807, 2.05) is 38.1 Å². The molecule has 2 rings (SSSR count). The Morgan fingerprint density at radius 1 is 1.12 bits per heavy atom. The van der Waals surface area contributed by atoms with Gasteiger partial charge in [-0.25, -0.2) is 8.42 Å². The minimum atomic E-state index is -3.81. The zero-order chi connectivity index (χ0) is 24.9. The molecule has 1 unspecified atom stereocenters. The predicted octanol–water partition coefficient (Wildman–Crippen LogP) is 4.12. The second-order valence-corrected chi connectivity index (χ2v) is 11.5. The molecule has 0 bridgehead atoms. The van der Waals surface area contributed by atoms with Crippen LogP contribution in [0.15, 0.2) is 46.9 Å². The summed E-state index contributed by atoms with van der Waals surface area (Å²) < 4.78 is 27.1. The number of anilines is 1. The Kier molecular flexibility index (Phi) is 9.34. The molecule has 0 heterocycles. The van der Waals surface area contributed by atoms with Crippen LogP contribution in [-0.4, -0.2) is 50.0 Å². The fourth-order valence-electron chi connectivity index (χ4n) is 3.27. The molecule has 0 saturated heterocycles. The topological polar surface area (TPSA) is 86.8 Å². The van der Waals surface area contributed by atoms with Gasteiger partial charge in [0.2, 0.25) is 21.8 Å². The molecule has 0 spiro atoms. The Balaban J connectivity index is 2.44. The summed E-state index contributed by atoms with van der Waals surface area (Å²) in [6.45, 7) is 6.70. The van der Waals surface area contributed by atoms with Gasteiger partial charge in [0.25, 0.3) is 0 Å². The van der Waals surface area contributed by atoms with E-state index in [-0.39, 0.29) is 18.5 Å². The lowest BCUT2D eigenvalue weighted by atomic mass is 10.1. The standard InChI is InChI=1S/C23H29BrClN3O4S/c1-15(2)26-23(30)17(4)27(13-18-7-6-8-19(24)11-18)22(29)14-28(33(5,31)32)21-12-20(25)10-9-16(21)3/h6-12,15,17H,13-14H2,1-5H3,(H,26,30). The van der Waals surface area contributed by atoms with Crippen molar-refractivity contribution in [1.82, 2.24) is 10.2 Å². The average molecular weight is 559 g/mol. The van der Waals surface area contributed by atoms with Crippen LogP contribution in [0.3, 0.4) is 0 Å². The molecule has 0 aliphatic rings. The number of hydrogen-bond acceptors (Lipinski definition) is 4. The largest absolute Gasteiger partial charge is 0.352 e. The van der Waals surface area contributed by atoms with E-state index < -0.39 is 28.5 Å². The Bertz CT molecular complexity index is 1120. The fraction of sp³-hybridized carbons (Fsp3) is 0.391. The van der Waals surface area contributed by atoms with E-state index >= 15 is 0 Å². The molecule has 0 radical (unpaired) electrons. The Morgan fingerprint density at radius 2 is 1.79 bits per heavy atom. The van der Waals surface area contributed by atoms with Gasteiger partial charge in [0, 0.05) is 22.1 Å². The highest BCUT2D eigenvalue weighted by molar-refractivity contribution is 9.10. The highest BCUT2D eigenvalue weighted by atomic mass is 79.9. The number of carbonyl (C=O) groups is 2. The number of benzene rings is 2. The molecule has 0 aliphatic heterocycles. The summed E-state index contributed by atoms with van der Waals surface area (Å²) in [5.74, 6) is -0.829. The van der Waals surface area contributed by atoms with Crippen LogP contribution in [0.1, 0.15) is 31.9 Å². The van der Waals surface area contributed by atoms with Gasteiger partial charge in [-0.1, -0.05) is 45.7 Å². The molecular weight excluding hydrogens is 530 g/mol. The molecule has 1 N–H and O–H groups in total. The molecule has 7 nitrogen and oxygen atoms in total. The molecule has 0 saturated carbocycles. The second-order valence-electron chi connectivity index (χ2n) is 8.19. The third-order valence-electron chi connectivity index (χ3n) is 4.96. The maximum Gasteiger partial charge on any atom is 0.244 e. The summed E-state index contributed by atoms with van der Waals surface area (Å²) in [4.78, 5) is 27.6. The summed E-state index contributed by atoms with van der Waals surface area (Å²) >= 11 is 9.52. The molecule has 180 valence electrons. The first-order valence-electron chi connectivity index (χ1n) is 10.4. The van der Waals surface area contributed by atoms with Crippen molar-refractivity contribution in [2.75, 3.05) is 17.1 Å². The van der Waals surface area contributed by atoms with Crippen molar-refractivity contribution in [3.05, 3.63) is 63.1 Å². The van der Waals surface area contributed by atoms with E-state index in [0.29, 0.717) is 16.3 Å². The molecular formula is C23H29BrClN3O4S. The van der Waals surface area contributed by atoms with Gasteiger partial charge in [-0.2, -0.15) is 0 Å². The Morgan fingerprint density at radius 3 is 2.36 bits per heavy atom. The molecule has 2 aromatic rings. The summed E-state index contributed by atoms with van der Waals surface area (Å²) in [5, 5.41) is 3.17. The predicted molar refractivity (Wildman–Crippen MR) is 136 cm³/mol. The molecule has 1 atom stereocenters. The summed E-state index contributed by atoms with van der Waals surface area (Å²) in [5.41, 5.74) is 1.77. The van der Waals surface area contributed by atoms with Gasteiger partial charge in [0.15, 0.2) is 0 Å². The number of rotatable bonds is 9. The third kappa shape index (κ3) is 7.72. The second kappa shape index (κ2) is 11.4. The number of nitrogens with one attached hydrogen (secondary N) is 1. The van der Waals surface area contributed by atoms with Gasteiger partial charge in [-0.15, -0.1) is 0 Å². The van der Waals surface area contributed by atoms with Crippen LogP contribution in [0.25, 0.3) is 0 Å². The van der Waals surface area contributed by atoms with Gasteiger partial charge < -0.3 is 10.2 Å². The number of nitrogens with zero attached hydrogens (tertiary/aromatic N) is 2. The molecule has 0 aliphatic carbocycles. The maximum atomic E-state index is 13.5. The lowest BCUT2D eigenvalue weighted by Gasteiger charge is -2.32. The van der Waals surface area contributed by atoms with Crippen LogP contribution in [0.2, 0.25) is 5.02 Å². The van der Waals surface area contributed by atoms with E-state index in [4.69, 9.17) is 11.6 Å². The van der Waals surface area contributed by atoms with E-state index in [9.17, 15) is 18.0 Å². The van der Waals surface area contributed by atoms with Crippen molar-refractivity contribution in [3.8, 4) is 0 Å². The van der Waals surface area contributed by atoms with E-state index in [1.165, 1.54) is 11.0 Å². The summed E-state index contributed by atoms with van der Waals surface area (Å²) in [6, 6.07) is 11.3. The monoisotopic (exact) mass is 557 g/mol. The number of aryl methyl sites for hydroxylation is 1. The quantitative estimate of drug-likeness (QED) is 0.502. The van der Waals surface area contributed by atoms with Gasteiger partial charge in [0.05, 0.1) is 11.9 Å². The number of amides is 2. The first-order valence-corrected chi connectivity index (χ1v) is 13.4. The number of halogens is 2. The zero-order valence-corrected chi connectivity index (χ0v) is 22.5. The van der Waals surface area contributed by atoms with Crippen molar-refractivity contribution < 1.29 is 18.0 Å². The summed E-state index contributed by atoms with van der Waals surface area (Å²) in [6.07, 6.45) is 1.04. The minimum absolute atomic E-state index is 0.107. The zero-order valence-electron chi connectivity index (χ0n) is 19.3. The minimum Gasteiger partial charge on any atom is -0.352 e. The van der Waals surface area contributed by atoms with Gasteiger partial charge in [0.1, 0.15) is 12.6 Å². The first kappa shape index (κ1) is 27.1. The normalized spacial score (nSPS) is 12.4. The average Bonchev–Trinajstić information content (AvgIpc) is 2.70. The first-order chi connectivity index (χ1) is 15.3. The van der Waals surface area contributed by atoms with Gasteiger partial charge in [-0.3, -0.25) is 13.9 Å². The van der Waals surface area contributed by atoms with Gasteiger partial charge in [-0.05, 0) is 63.1 Å². The van der Waals surface area contributed by atoms with Crippen LogP contribution in [0.4, 0.5) is 5.69 Å². The molecule has 10 heteroatoms. The number of carbonyl (C=O) groups excluding carboxylic acids is 2. The number of sulfonamides is 1. The summed E-state index contributed by atoms with van der Waals surface area (Å²) in [7, 11) is -3.81. The van der Waals surface area contributed by atoms with Crippen molar-refractivity contribution in [3.63, 3.8) is 0 Å². The highest BCUT2D eigenvalue weighted by Gasteiger charge is 2.30. The smallest absolute Gasteiger partial charge is 0.244 e. The Labute approximate surface area is 209 Å². The maximum absolute atomic E-state index is 13.5. The molecule has 2 amide bonds. The van der Waals surface area contributed by atoms with Crippen LogP contribution in [0.5, 0.6) is 0 Å². The Hall–Kier alpha value is -2.10. The molecule has 2 aromatic carbocycles. The third-order valence-corrected chi connectivity index (χ3v) is 6.81. The van der Waals surface area contributed by atoms with Crippen molar-refractivity contribution in [1.29, 1.82) is 0 Å². The van der Waals surface area contributed by atoms with E-state index in [0.717, 1.165) is 20.6 Å². The lowest BCUT2D eigenvalue weighted by Crippen LogP contribution is -2.52. The highest BCUT2D eigenvalue weighted by Crippen LogP contribution is 2.27. The molecule has 0 aromatic heterocycles. The SMILES string of the molecule is Cc1ccc(Cl)cc1N(CC(=O)N(Cc1cccc(Br)c1)C(C)C(=O)NC(C)C)S(C)(=O)=O. The molecule has 33 heavy (non-hydrogen) atoms. The van der Waals surface area contributed by atoms with E-state index in [1.54, 1.807) is 26.0 Å².